The van der Waals surface area contributed by atoms with Crippen molar-refractivity contribution in [3.05, 3.63) is 63.6 Å². The van der Waals surface area contributed by atoms with Crippen LogP contribution in [0.2, 0.25) is 5.02 Å². The van der Waals surface area contributed by atoms with Crippen LogP contribution in [-0.4, -0.2) is 36.9 Å². The van der Waals surface area contributed by atoms with Crippen LogP contribution in [0.4, 0.5) is 0 Å². The molecular weight excluding hydrogens is 462 g/mol. The number of nitrogens with zero attached hydrogens (tertiary/aromatic N) is 1. The van der Waals surface area contributed by atoms with E-state index in [1.54, 1.807) is 24.3 Å². The standard InChI is InChI=1S/C20H22ClN3O5S2/c1-24-17-8-7-14(11-18(17)29-20(24)26)31(27,28)23-16(9-10-30-2)19(25)22-12-13-5-3-4-6-15(13)21/h3-8,11,16,23H,9-10,12H2,1-2H3,(H,22,25). The lowest BCUT2D eigenvalue weighted by Crippen LogP contribution is -2.46. The highest BCUT2D eigenvalue weighted by Gasteiger charge is 2.26. The number of hydrogen-bond donors (Lipinski definition) is 2. The van der Waals surface area contributed by atoms with E-state index in [1.165, 1.54) is 41.6 Å². The van der Waals surface area contributed by atoms with Gasteiger partial charge in [0.25, 0.3) is 0 Å². The summed E-state index contributed by atoms with van der Waals surface area (Å²) in [5.41, 5.74) is 1.35. The molecule has 3 aromatic rings. The normalized spacial score (nSPS) is 12.7. The van der Waals surface area contributed by atoms with Gasteiger partial charge in [-0.1, -0.05) is 29.8 Å². The number of nitrogens with one attached hydrogen (secondary N) is 2. The van der Waals surface area contributed by atoms with Gasteiger partial charge in [0, 0.05) is 24.7 Å². The monoisotopic (exact) mass is 483 g/mol. The largest absolute Gasteiger partial charge is 0.419 e. The minimum Gasteiger partial charge on any atom is -0.408 e. The van der Waals surface area contributed by atoms with E-state index in [0.717, 1.165) is 5.56 Å². The van der Waals surface area contributed by atoms with Crippen LogP contribution in [0, 0.1) is 0 Å². The fourth-order valence-electron chi connectivity index (χ4n) is 2.96. The quantitative estimate of drug-likeness (QED) is 0.484. The summed E-state index contributed by atoms with van der Waals surface area (Å²) < 4.78 is 34.7. The highest BCUT2D eigenvalue weighted by Crippen LogP contribution is 2.19. The lowest BCUT2D eigenvalue weighted by Gasteiger charge is -2.18. The molecule has 0 spiro atoms. The molecule has 0 aliphatic carbocycles. The summed E-state index contributed by atoms with van der Waals surface area (Å²) in [6.07, 6.45) is 2.18. The van der Waals surface area contributed by atoms with E-state index in [9.17, 15) is 18.0 Å². The van der Waals surface area contributed by atoms with E-state index >= 15 is 0 Å². The second-order valence-corrected chi connectivity index (χ2v) is 9.93. The van der Waals surface area contributed by atoms with E-state index in [4.69, 9.17) is 16.0 Å². The third-order valence-electron chi connectivity index (χ3n) is 4.71. The van der Waals surface area contributed by atoms with Gasteiger partial charge in [-0.05, 0) is 42.2 Å². The van der Waals surface area contributed by atoms with Crippen LogP contribution in [-0.2, 0) is 28.4 Å². The second-order valence-electron chi connectivity index (χ2n) is 6.82. The van der Waals surface area contributed by atoms with Gasteiger partial charge in [-0.3, -0.25) is 9.36 Å². The highest BCUT2D eigenvalue weighted by atomic mass is 35.5. The summed E-state index contributed by atoms with van der Waals surface area (Å²) in [6, 6.07) is 10.2. The van der Waals surface area contributed by atoms with Gasteiger partial charge in [0.15, 0.2) is 5.58 Å². The van der Waals surface area contributed by atoms with Crippen LogP contribution in [0.1, 0.15) is 12.0 Å². The summed E-state index contributed by atoms with van der Waals surface area (Å²) in [6.45, 7) is 0.178. The number of aromatic nitrogens is 1. The Morgan fingerprint density at radius 1 is 1.26 bits per heavy atom. The highest BCUT2D eigenvalue weighted by molar-refractivity contribution is 7.98. The molecule has 0 aliphatic heterocycles. The molecule has 2 N–H and O–H groups in total. The number of carbonyl (C=O) groups is 1. The Kier molecular flexibility index (Phi) is 7.47. The summed E-state index contributed by atoms with van der Waals surface area (Å²) >= 11 is 7.62. The molecule has 1 amide bonds. The zero-order valence-corrected chi connectivity index (χ0v) is 19.3. The first-order valence-corrected chi connectivity index (χ1v) is 12.6. The van der Waals surface area contributed by atoms with Crippen molar-refractivity contribution in [2.45, 2.75) is 23.9 Å². The van der Waals surface area contributed by atoms with Gasteiger partial charge in [-0.15, -0.1) is 0 Å². The number of fused-ring (bicyclic) bond motifs is 1. The maximum atomic E-state index is 12.9. The van der Waals surface area contributed by atoms with E-state index < -0.39 is 27.7 Å². The molecule has 11 heteroatoms. The van der Waals surface area contributed by atoms with E-state index in [1.807, 2.05) is 6.26 Å². The Bertz CT molecular complexity index is 1250. The van der Waals surface area contributed by atoms with Crippen molar-refractivity contribution in [1.29, 1.82) is 0 Å². The van der Waals surface area contributed by atoms with E-state index in [-0.39, 0.29) is 17.0 Å². The zero-order valence-electron chi connectivity index (χ0n) is 16.9. The van der Waals surface area contributed by atoms with Gasteiger partial charge in [0.05, 0.1) is 10.4 Å². The van der Waals surface area contributed by atoms with Crippen LogP contribution in [0.15, 0.2) is 56.6 Å². The molecule has 31 heavy (non-hydrogen) atoms. The fourth-order valence-corrected chi connectivity index (χ4v) is 4.88. The minimum absolute atomic E-state index is 0.0950. The van der Waals surface area contributed by atoms with Crippen molar-refractivity contribution in [2.75, 3.05) is 12.0 Å². The van der Waals surface area contributed by atoms with Crippen molar-refractivity contribution in [3.63, 3.8) is 0 Å². The number of rotatable bonds is 9. The molecule has 0 radical (unpaired) electrons. The van der Waals surface area contributed by atoms with Gasteiger partial charge in [0.2, 0.25) is 15.9 Å². The number of benzene rings is 2. The van der Waals surface area contributed by atoms with E-state index in [2.05, 4.69) is 10.0 Å². The minimum atomic E-state index is -4.04. The van der Waals surface area contributed by atoms with Gasteiger partial charge in [-0.2, -0.15) is 16.5 Å². The van der Waals surface area contributed by atoms with Crippen molar-refractivity contribution in [1.82, 2.24) is 14.6 Å². The van der Waals surface area contributed by atoms with Crippen molar-refractivity contribution >= 4 is 50.4 Å². The summed E-state index contributed by atoms with van der Waals surface area (Å²) in [7, 11) is -2.51. The molecule has 1 aromatic heterocycles. The SMILES string of the molecule is CSCCC(NS(=O)(=O)c1ccc2c(c1)oc(=O)n2C)C(=O)NCc1ccccc1Cl. The molecule has 1 heterocycles. The summed E-state index contributed by atoms with van der Waals surface area (Å²) in [5.74, 6) is -0.460. The molecule has 166 valence electrons. The zero-order chi connectivity index (χ0) is 22.6. The Hall–Kier alpha value is -2.27. The molecule has 0 saturated carbocycles. The van der Waals surface area contributed by atoms with E-state index in [0.29, 0.717) is 22.7 Å². The number of oxazole rings is 1. The summed E-state index contributed by atoms with van der Waals surface area (Å²) in [5, 5.41) is 3.26. The average Bonchev–Trinajstić information content (AvgIpc) is 3.03. The maximum absolute atomic E-state index is 12.9. The first-order chi connectivity index (χ1) is 14.7. The lowest BCUT2D eigenvalue weighted by atomic mass is 10.2. The molecule has 1 atom stereocenters. The maximum Gasteiger partial charge on any atom is 0.419 e. The van der Waals surface area contributed by atoms with Crippen molar-refractivity contribution < 1.29 is 17.6 Å². The van der Waals surface area contributed by atoms with Gasteiger partial charge in [0.1, 0.15) is 6.04 Å². The van der Waals surface area contributed by atoms with Crippen LogP contribution >= 0.6 is 23.4 Å². The Morgan fingerprint density at radius 2 is 2.00 bits per heavy atom. The van der Waals surface area contributed by atoms with Crippen LogP contribution in [0.3, 0.4) is 0 Å². The first kappa shape index (κ1) is 23.4. The number of halogens is 1. The molecule has 0 bridgehead atoms. The molecular formula is C20H22ClN3O5S2. The molecule has 3 rings (SSSR count). The Labute approximate surface area is 189 Å². The second kappa shape index (κ2) is 9.90. The molecule has 0 aliphatic rings. The van der Waals surface area contributed by atoms with Gasteiger partial charge < -0.3 is 9.73 Å². The number of amides is 1. The first-order valence-electron chi connectivity index (χ1n) is 9.35. The third-order valence-corrected chi connectivity index (χ3v) is 7.19. The predicted molar refractivity (Wildman–Crippen MR) is 122 cm³/mol. The third kappa shape index (κ3) is 5.51. The fraction of sp³-hybridized carbons (Fsp3) is 0.300. The summed E-state index contributed by atoms with van der Waals surface area (Å²) in [4.78, 5) is 24.3. The molecule has 2 aromatic carbocycles. The topological polar surface area (TPSA) is 110 Å². The van der Waals surface area contributed by atoms with Crippen LogP contribution in [0.25, 0.3) is 11.1 Å². The van der Waals surface area contributed by atoms with Crippen molar-refractivity contribution in [2.24, 2.45) is 7.05 Å². The lowest BCUT2D eigenvalue weighted by molar-refractivity contribution is -0.122. The number of hydrogen-bond acceptors (Lipinski definition) is 6. The average molecular weight is 484 g/mol. The number of thioether (sulfide) groups is 1. The molecule has 0 fully saturated rings. The molecule has 0 saturated heterocycles. The predicted octanol–water partition coefficient (Wildman–Crippen LogP) is 2.50. The van der Waals surface area contributed by atoms with Crippen LogP contribution < -0.4 is 15.8 Å². The number of carbonyl (C=O) groups excluding carboxylic acids is 1. The number of sulfonamides is 1. The smallest absolute Gasteiger partial charge is 0.408 e. The number of aryl methyl sites for hydroxylation is 1. The molecule has 1 unspecified atom stereocenters. The Morgan fingerprint density at radius 3 is 2.71 bits per heavy atom. The van der Waals surface area contributed by atoms with Gasteiger partial charge in [-0.25, -0.2) is 13.2 Å². The van der Waals surface area contributed by atoms with Crippen LogP contribution in [0.5, 0.6) is 0 Å². The Balaban J connectivity index is 1.79. The van der Waals surface area contributed by atoms with Gasteiger partial charge >= 0.3 is 5.76 Å². The van der Waals surface area contributed by atoms with Crippen molar-refractivity contribution in [3.8, 4) is 0 Å². The molecule has 8 nitrogen and oxygen atoms in total.